The van der Waals surface area contributed by atoms with Crippen LogP contribution in [0, 0.1) is 0 Å². The van der Waals surface area contributed by atoms with Crippen LogP contribution < -0.4 is 0 Å². The number of hydrogen-bond donors (Lipinski definition) is 0. The fraction of sp³-hybridized carbons (Fsp3) is 0.318. The van der Waals surface area contributed by atoms with Crippen molar-refractivity contribution in [1.29, 1.82) is 0 Å². The lowest BCUT2D eigenvalue weighted by atomic mass is 10.1. The van der Waals surface area contributed by atoms with Gasteiger partial charge in [-0.3, -0.25) is 19.3 Å². The average molecular weight is 426 g/mol. The van der Waals surface area contributed by atoms with Gasteiger partial charge in [-0.25, -0.2) is 8.42 Å². The molecule has 7 nitrogen and oxygen atoms in total. The normalized spacial score (nSPS) is 17.3. The van der Waals surface area contributed by atoms with Crippen LogP contribution in [0.3, 0.4) is 0 Å². The van der Waals surface area contributed by atoms with Gasteiger partial charge in [-0.05, 0) is 37.1 Å². The van der Waals surface area contributed by atoms with E-state index in [9.17, 15) is 22.8 Å². The van der Waals surface area contributed by atoms with Gasteiger partial charge in [0.15, 0.2) is 9.84 Å². The van der Waals surface area contributed by atoms with Crippen LogP contribution in [-0.4, -0.2) is 60.8 Å². The summed E-state index contributed by atoms with van der Waals surface area (Å²) in [4.78, 5) is 40.4. The number of nitrogens with zero attached hydrogens (tertiary/aromatic N) is 2. The Bertz CT molecular complexity index is 1050. The second-order valence-corrected chi connectivity index (χ2v) is 9.72. The van der Waals surface area contributed by atoms with Gasteiger partial charge in [-0.2, -0.15) is 0 Å². The Hall–Kier alpha value is -3.00. The minimum atomic E-state index is -3.42. The lowest BCUT2D eigenvalue weighted by Gasteiger charge is -2.32. The molecule has 0 aromatic heterocycles. The van der Waals surface area contributed by atoms with Gasteiger partial charge in [-0.1, -0.05) is 30.3 Å². The second-order valence-electron chi connectivity index (χ2n) is 7.50. The average Bonchev–Trinajstić information content (AvgIpc) is 3.03. The monoisotopic (exact) mass is 426 g/mol. The first-order valence-electron chi connectivity index (χ1n) is 9.91. The lowest BCUT2D eigenvalue weighted by molar-refractivity contribution is -0.132. The Balaban J connectivity index is 1.32. The third kappa shape index (κ3) is 3.63. The number of fused-ring (bicyclic) bond motifs is 1. The van der Waals surface area contributed by atoms with Crippen LogP contribution in [0.25, 0.3) is 0 Å². The maximum atomic E-state index is 12.8. The smallest absolute Gasteiger partial charge is 0.261 e. The zero-order valence-electron chi connectivity index (χ0n) is 16.4. The highest BCUT2D eigenvalue weighted by Crippen LogP contribution is 2.26. The number of piperidine rings is 1. The molecule has 4 rings (SSSR count). The van der Waals surface area contributed by atoms with Crippen molar-refractivity contribution in [2.75, 3.05) is 19.6 Å². The largest absolute Gasteiger partial charge is 0.343 e. The fourth-order valence-corrected chi connectivity index (χ4v) is 5.78. The number of carbonyl (C=O) groups is 3. The molecular formula is C22H22N2O5S. The number of amides is 3. The molecule has 0 bridgehead atoms. The molecule has 2 aromatic carbocycles. The van der Waals surface area contributed by atoms with Gasteiger partial charge in [0, 0.05) is 26.1 Å². The molecule has 3 amide bonds. The highest BCUT2D eigenvalue weighted by molar-refractivity contribution is 7.92. The molecule has 0 unspecified atom stereocenters. The molecule has 0 atom stereocenters. The minimum Gasteiger partial charge on any atom is -0.343 e. The highest BCUT2D eigenvalue weighted by Gasteiger charge is 2.36. The van der Waals surface area contributed by atoms with Crippen molar-refractivity contribution >= 4 is 27.6 Å². The van der Waals surface area contributed by atoms with Gasteiger partial charge in [0.1, 0.15) is 0 Å². The summed E-state index contributed by atoms with van der Waals surface area (Å²) in [5.74, 6) is -0.936. The van der Waals surface area contributed by atoms with E-state index in [2.05, 4.69) is 0 Å². The Labute approximate surface area is 175 Å². The van der Waals surface area contributed by atoms with Crippen LogP contribution in [0.2, 0.25) is 0 Å². The molecule has 2 aliphatic heterocycles. The first-order valence-corrected chi connectivity index (χ1v) is 11.5. The third-order valence-corrected chi connectivity index (χ3v) is 8.01. The lowest BCUT2D eigenvalue weighted by Crippen LogP contribution is -2.43. The number of benzene rings is 2. The van der Waals surface area contributed by atoms with E-state index in [4.69, 9.17) is 0 Å². The van der Waals surface area contributed by atoms with E-state index in [1.807, 2.05) is 0 Å². The third-order valence-electron chi connectivity index (χ3n) is 5.73. The van der Waals surface area contributed by atoms with E-state index >= 15 is 0 Å². The molecule has 30 heavy (non-hydrogen) atoms. The molecule has 0 spiro atoms. The molecule has 2 aliphatic rings. The molecule has 1 saturated heterocycles. The second kappa shape index (κ2) is 8.02. The summed E-state index contributed by atoms with van der Waals surface area (Å²) in [6.45, 7) is 0.711. The number of rotatable bonds is 5. The molecule has 156 valence electrons. The Kier molecular flexibility index (Phi) is 5.42. The van der Waals surface area contributed by atoms with Crippen molar-refractivity contribution < 1.29 is 22.8 Å². The van der Waals surface area contributed by atoms with Crippen molar-refractivity contribution in [3.05, 3.63) is 65.7 Å². The van der Waals surface area contributed by atoms with Crippen LogP contribution in [-0.2, 0) is 14.6 Å². The maximum Gasteiger partial charge on any atom is 0.261 e. The SMILES string of the molecule is O=C(CCN1C(=O)c2ccccc2C1=O)N1CCC(S(=O)(=O)c2ccccc2)CC1. The minimum absolute atomic E-state index is 0.0213. The van der Waals surface area contributed by atoms with Gasteiger partial charge in [0.2, 0.25) is 5.91 Å². The van der Waals surface area contributed by atoms with Gasteiger partial charge in [0.25, 0.3) is 11.8 Å². The summed E-state index contributed by atoms with van der Waals surface area (Å²) in [6.07, 6.45) is 0.771. The molecule has 0 aliphatic carbocycles. The van der Waals surface area contributed by atoms with E-state index in [0.717, 1.165) is 4.90 Å². The summed E-state index contributed by atoms with van der Waals surface area (Å²) in [5.41, 5.74) is 0.726. The van der Waals surface area contributed by atoms with E-state index < -0.39 is 15.1 Å². The quantitative estimate of drug-likeness (QED) is 0.683. The number of sulfone groups is 1. The number of imide groups is 1. The molecular weight excluding hydrogens is 404 g/mol. The van der Waals surface area contributed by atoms with Crippen molar-refractivity contribution in [3.8, 4) is 0 Å². The zero-order chi connectivity index (χ0) is 21.3. The van der Waals surface area contributed by atoms with Crippen LogP contribution in [0.1, 0.15) is 40.0 Å². The van der Waals surface area contributed by atoms with Gasteiger partial charge >= 0.3 is 0 Å². The summed E-state index contributed by atoms with van der Waals surface area (Å²) >= 11 is 0. The predicted molar refractivity (Wildman–Crippen MR) is 110 cm³/mol. The number of likely N-dealkylation sites (tertiary alicyclic amines) is 1. The topological polar surface area (TPSA) is 91.8 Å². The zero-order valence-corrected chi connectivity index (χ0v) is 17.2. The molecule has 1 fully saturated rings. The van der Waals surface area contributed by atoms with E-state index in [0.29, 0.717) is 42.0 Å². The Morgan fingerprint density at radius 3 is 1.97 bits per heavy atom. The first-order chi connectivity index (χ1) is 14.4. The molecule has 2 heterocycles. The predicted octanol–water partition coefficient (Wildman–Crippen LogP) is 2.14. The summed E-state index contributed by atoms with van der Waals surface area (Å²) in [6, 6.07) is 15.0. The van der Waals surface area contributed by atoms with Crippen molar-refractivity contribution in [2.24, 2.45) is 0 Å². The molecule has 0 N–H and O–H groups in total. The van der Waals surface area contributed by atoms with Crippen molar-refractivity contribution in [3.63, 3.8) is 0 Å². The van der Waals surface area contributed by atoms with Crippen LogP contribution in [0.5, 0.6) is 0 Å². The van der Waals surface area contributed by atoms with E-state index in [-0.39, 0.29) is 30.7 Å². The van der Waals surface area contributed by atoms with Crippen molar-refractivity contribution in [1.82, 2.24) is 9.80 Å². The molecule has 2 aromatic rings. The Morgan fingerprint density at radius 2 is 1.40 bits per heavy atom. The van der Waals surface area contributed by atoms with Crippen molar-refractivity contribution in [2.45, 2.75) is 29.4 Å². The van der Waals surface area contributed by atoms with Crippen LogP contribution in [0.4, 0.5) is 0 Å². The maximum absolute atomic E-state index is 12.8. The standard InChI is InChI=1S/C22H22N2O5S/c25-20(12-15-24-21(26)18-8-4-5-9-19(18)22(24)27)23-13-10-17(11-14-23)30(28,29)16-6-2-1-3-7-16/h1-9,17H,10-15H2. The fourth-order valence-electron chi connectivity index (χ4n) is 4.03. The number of hydrogen-bond acceptors (Lipinski definition) is 5. The van der Waals surface area contributed by atoms with Crippen LogP contribution >= 0.6 is 0 Å². The summed E-state index contributed by atoms with van der Waals surface area (Å²) in [7, 11) is -3.42. The van der Waals surface area contributed by atoms with Crippen LogP contribution in [0.15, 0.2) is 59.5 Å². The molecule has 0 radical (unpaired) electrons. The molecule has 8 heteroatoms. The van der Waals surface area contributed by atoms with E-state index in [1.54, 1.807) is 59.5 Å². The molecule has 0 saturated carbocycles. The van der Waals surface area contributed by atoms with Gasteiger partial charge in [0.05, 0.1) is 21.3 Å². The Morgan fingerprint density at radius 1 is 0.867 bits per heavy atom. The summed E-state index contributed by atoms with van der Waals surface area (Å²) in [5, 5.41) is -0.514. The summed E-state index contributed by atoms with van der Waals surface area (Å²) < 4.78 is 25.5. The van der Waals surface area contributed by atoms with E-state index in [1.165, 1.54) is 0 Å². The highest BCUT2D eigenvalue weighted by atomic mass is 32.2. The van der Waals surface area contributed by atoms with Gasteiger partial charge < -0.3 is 4.90 Å². The number of carbonyl (C=O) groups excluding carboxylic acids is 3. The van der Waals surface area contributed by atoms with Gasteiger partial charge in [-0.15, -0.1) is 0 Å². The first kappa shape index (κ1) is 20.3.